The van der Waals surface area contributed by atoms with Gasteiger partial charge < -0.3 is 19.6 Å². The molecule has 122 valence electrons. The Balaban J connectivity index is 2.44. The van der Waals surface area contributed by atoms with Crippen LogP contribution < -0.4 is 14.8 Å². The molecule has 1 N–H and O–H groups in total. The number of nitrogens with zero attached hydrogens (tertiary/aromatic N) is 1. The summed E-state index contributed by atoms with van der Waals surface area (Å²) in [6.07, 6.45) is 2.43. The Kier molecular flexibility index (Phi) is 7.81. The average molecular weight is 308 g/mol. The molecule has 0 aliphatic carbocycles. The number of rotatable bonds is 9. The molecule has 0 aromatic heterocycles. The molecule has 0 aliphatic heterocycles. The molecule has 0 atom stereocenters. The van der Waals surface area contributed by atoms with Gasteiger partial charge in [0.1, 0.15) is 11.5 Å². The molecule has 22 heavy (non-hydrogen) atoms. The maximum atomic E-state index is 11.5. The molecule has 0 radical (unpaired) electrons. The Bertz CT molecular complexity index is 501. The molecule has 1 aromatic rings. The molecule has 0 saturated carbocycles. The minimum absolute atomic E-state index is 0.110. The summed E-state index contributed by atoms with van der Waals surface area (Å²) in [5, 5.41) is 6.56. The summed E-state index contributed by atoms with van der Waals surface area (Å²) in [5.74, 6) is 1.71. The fourth-order valence-corrected chi connectivity index (χ4v) is 1.68. The molecule has 1 aromatic carbocycles. The van der Waals surface area contributed by atoms with E-state index in [4.69, 9.17) is 14.3 Å². The minimum Gasteiger partial charge on any atom is -0.497 e. The van der Waals surface area contributed by atoms with Crippen molar-refractivity contribution in [3.63, 3.8) is 0 Å². The van der Waals surface area contributed by atoms with E-state index >= 15 is 0 Å². The van der Waals surface area contributed by atoms with Gasteiger partial charge in [-0.2, -0.15) is 0 Å². The number of carbonyl (C=O) groups excluding carboxylic acids is 1. The maximum Gasteiger partial charge on any atom is 0.260 e. The van der Waals surface area contributed by atoms with Crippen molar-refractivity contribution in [3.8, 4) is 11.5 Å². The smallest absolute Gasteiger partial charge is 0.260 e. The van der Waals surface area contributed by atoms with Crippen molar-refractivity contribution in [2.75, 3.05) is 27.4 Å². The first-order valence-electron chi connectivity index (χ1n) is 7.21. The van der Waals surface area contributed by atoms with E-state index in [1.165, 1.54) is 6.21 Å². The Morgan fingerprint density at radius 1 is 1.32 bits per heavy atom. The van der Waals surface area contributed by atoms with E-state index in [0.29, 0.717) is 29.5 Å². The van der Waals surface area contributed by atoms with Crippen molar-refractivity contribution in [2.45, 2.75) is 20.3 Å². The lowest BCUT2D eigenvalue weighted by atomic mass is 10.1. The highest BCUT2D eigenvalue weighted by molar-refractivity contribution is 5.84. The van der Waals surface area contributed by atoms with Crippen molar-refractivity contribution in [1.29, 1.82) is 0 Å². The fourth-order valence-electron chi connectivity index (χ4n) is 1.68. The Morgan fingerprint density at radius 3 is 2.73 bits per heavy atom. The summed E-state index contributed by atoms with van der Waals surface area (Å²) in [4.78, 5) is 16.5. The SMILES string of the molecule is COc1ccc(OC)c(/C=N\OCC(=O)NCCC(C)C)c1. The van der Waals surface area contributed by atoms with Crippen molar-refractivity contribution >= 4 is 12.1 Å². The summed E-state index contributed by atoms with van der Waals surface area (Å²) in [7, 11) is 3.16. The molecule has 6 heteroatoms. The first-order valence-corrected chi connectivity index (χ1v) is 7.21. The number of benzene rings is 1. The molecule has 0 unspecified atom stereocenters. The van der Waals surface area contributed by atoms with Gasteiger partial charge in [-0.3, -0.25) is 4.79 Å². The quantitative estimate of drug-likeness (QED) is 0.561. The zero-order valence-corrected chi connectivity index (χ0v) is 13.6. The van der Waals surface area contributed by atoms with Gasteiger partial charge in [-0.25, -0.2) is 0 Å². The molecule has 0 aliphatic rings. The number of carbonyl (C=O) groups is 1. The van der Waals surface area contributed by atoms with Gasteiger partial charge >= 0.3 is 0 Å². The first kappa shape index (κ1) is 17.8. The normalized spacial score (nSPS) is 10.8. The molecule has 0 fully saturated rings. The van der Waals surface area contributed by atoms with E-state index in [0.717, 1.165) is 6.42 Å². The van der Waals surface area contributed by atoms with Crippen LogP contribution in [0.4, 0.5) is 0 Å². The van der Waals surface area contributed by atoms with Gasteiger partial charge in [0.25, 0.3) is 5.91 Å². The minimum atomic E-state index is -0.185. The van der Waals surface area contributed by atoms with Crippen LogP contribution in [0.1, 0.15) is 25.8 Å². The van der Waals surface area contributed by atoms with E-state index in [2.05, 4.69) is 24.3 Å². The number of methoxy groups -OCH3 is 2. The van der Waals surface area contributed by atoms with E-state index in [-0.39, 0.29) is 12.5 Å². The highest BCUT2D eigenvalue weighted by Gasteiger charge is 2.04. The van der Waals surface area contributed by atoms with Crippen molar-refractivity contribution in [2.24, 2.45) is 11.1 Å². The second kappa shape index (κ2) is 9.65. The summed E-state index contributed by atoms with van der Waals surface area (Å²) >= 11 is 0. The highest BCUT2D eigenvalue weighted by atomic mass is 16.6. The zero-order valence-electron chi connectivity index (χ0n) is 13.6. The third kappa shape index (κ3) is 6.47. The Hall–Kier alpha value is -2.24. The summed E-state index contributed by atoms with van der Waals surface area (Å²) in [6, 6.07) is 5.34. The second-order valence-electron chi connectivity index (χ2n) is 5.15. The number of amides is 1. The van der Waals surface area contributed by atoms with Crippen LogP contribution in [0.25, 0.3) is 0 Å². The van der Waals surface area contributed by atoms with Gasteiger partial charge in [0, 0.05) is 12.1 Å². The molecular formula is C16H24N2O4. The number of hydrogen-bond donors (Lipinski definition) is 1. The molecule has 1 amide bonds. The standard InChI is InChI=1S/C16H24N2O4/c1-12(2)7-8-17-16(19)11-22-18-10-13-9-14(20-3)5-6-15(13)21-4/h5-6,9-10,12H,7-8,11H2,1-4H3,(H,17,19)/b18-10-. The van der Waals surface area contributed by atoms with Crippen LogP contribution in [0.5, 0.6) is 11.5 Å². The van der Waals surface area contributed by atoms with E-state index in [1.807, 2.05) is 0 Å². The van der Waals surface area contributed by atoms with Crippen LogP contribution >= 0.6 is 0 Å². The van der Waals surface area contributed by atoms with Gasteiger partial charge in [-0.15, -0.1) is 0 Å². The van der Waals surface area contributed by atoms with Gasteiger partial charge in [-0.05, 0) is 30.5 Å². The lowest BCUT2D eigenvalue weighted by Crippen LogP contribution is -2.28. The molecule has 0 heterocycles. The average Bonchev–Trinajstić information content (AvgIpc) is 2.51. The molecule has 1 rings (SSSR count). The summed E-state index contributed by atoms with van der Waals surface area (Å²) in [6.45, 7) is 4.75. The first-order chi connectivity index (χ1) is 10.6. The molecular weight excluding hydrogens is 284 g/mol. The van der Waals surface area contributed by atoms with Crippen LogP contribution in [0.3, 0.4) is 0 Å². The molecule has 0 saturated heterocycles. The van der Waals surface area contributed by atoms with Crippen molar-refractivity contribution in [3.05, 3.63) is 23.8 Å². The van der Waals surface area contributed by atoms with Gasteiger partial charge in [0.15, 0.2) is 6.61 Å². The second-order valence-corrected chi connectivity index (χ2v) is 5.15. The predicted octanol–water partition coefficient (Wildman–Crippen LogP) is 2.22. The van der Waals surface area contributed by atoms with Crippen LogP contribution in [0.2, 0.25) is 0 Å². The molecule has 0 spiro atoms. The Labute approximate surface area is 131 Å². The van der Waals surface area contributed by atoms with E-state index in [9.17, 15) is 4.79 Å². The monoisotopic (exact) mass is 308 g/mol. The maximum absolute atomic E-state index is 11.5. The third-order valence-corrected chi connectivity index (χ3v) is 2.94. The Morgan fingerprint density at radius 2 is 2.09 bits per heavy atom. The lowest BCUT2D eigenvalue weighted by Gasteiger charge is -2.07. The number of nitrogens with one attached hydrogen (secondary N) is 1. The van der Waals surface area contributed by atoms with Crippen LogP contribution in [0.15, 0.2) is 23.4 Å². The largest absolute Gasteiger partial charge is 0.497 e. The van der Waals surface area contributed by atoms with Gasteiger partial charge in [0.05, 0.1) is 20.4 Å². The molecule has 6 nitrogen and oxygen atoms in total. The van der Waals surface area contributed by atoms with Crippen LogP contribution in [-0.4, -0.2) is 39.5 Å². The predicted molar refractivity (Wildman–Crippen MR) is 85.6 cm³/mol. The third-order valence-electron chi connectivity index (χ3n) is 2.94. The highest BCUT2D eigenvalue weighted by Crippen LogP contribution is 2.22. The number of ether oxygens (including phenoxy) is 2. The fraction of sp³-hybridized carbons (Fsp3) is 0.500. The molecule has 0 bridgehead atoms. The lowest BCUT2D eigenvalue weighted by molar-refractivity contribution is -0.125. The number of hydrogen-bond acceptors (Lipinski definition) is 5. The van der Waals surface area contributed by atoms with Crippen molar-refractivity contribution in [1.82, 2.24) is 5.32 Å². The summed E-state index contributed by atoms with van der Waals surface area (Å²) < 4.78 is 10.4. The zero-order chi connectivity index (χ0) is 16.4. The van der Waals surface area contributed by atoms with Crippen molar-refractivity contribution < 1.29 is 19.1 Å². The van der Waals surface area contributed by atoms with E-state index in [1.54, 1.807) is 32.4 Å². The number of oxime groups is 1. The van der Waals surface area contributed by atoms with Crippen LogP contribution in [-0.2, 0) is 9.63 Å². The summed E-state index contributed by atoms with van der Waals surface area (Å²) in [5.41, 5.74) is 0.710. The van der Waals surface area contributed by atoms with E-state index < -0.39 is 0 Å². The topological polar surface area (TPSA) is 69.1 Å². The van der Waals surface area contributed by atoms with Gasteiger partial charge in [0.2, 0.25) is 0 Å². The van der Waals surface area contributed by atoms with Crippen LogP contribution in [0, 0.1) is 5.92 Å². The van der Waals surface area contributed by atoms with Gasteiger partial charge in [-0.1, -0.05) is 19.0 Å².